The smallest absolute Gasteiger partial charge is 0.260 e. The topological polar surface area (TPSA) is 97.3 Å². The normalized spacial score (nSPS) is 13.1. The van der Waals surface area contributed by atoms with Crippen molar-refractivity contribution in [1.29, 1.82) is 0 Å². The maximum atomic E-state index is 12.8. The molecule has 3 heterocycles. The minimum atomic E-state index is -1.71. The van der Waals surface area contributed by atoms with E-state index in [0.717, 1.165) is 27.9 Å². The zero-order chi connectivity index (χ0) is 23.9. The molecule has 5 rings (SSSR count). The highest BCUT2D eigenvalue weighted by atomic mass is 35.5. The fraction of sp³-hybridized carbons (Fsp3) is 0.120. The number of aromatic nitrogens is 5. The molecule has 8 nitrogen and oxygen atoms in total. The number of carbonyl (C=O) groups is 1. The third-order valence-electron chi connectivity index (χ3n) is 5.71. The molecule has 0 aliphatic carbocycles. The number of amides is 1. The Labute approximate surface area is 200 Å². The highest BCUT2D eigenvalue weighted by molar-refractivity contribution is 6.30. The second-order valence-electron chi connectivity index (χ2n) is 8.18. The van der Waals surface area contributed by atoms with Gasteiger partial charge in [-0.25, -0.2) is 9.50 Å². The van der Waals surface area contributed by atoms with Crippen molar-refractivity contribution in [2.24, 2.45) is 7.05 Å². The number of aliphatic hydroxyl groups is 1. The molecule has 1 atom stereocenters. The molecule has 9 heteroatoms. The molecule has 0 spiro atoms. The average molecular weight is 473 g/mol. The van der Waals surface area contributed by atoms with Crippen LogP contribution in [0.5, 0.6) is 0 Å². The Kier molecular flexibility index (Phi) is 5.39. The van der Waals surface area contributed by atoms with E-state index in [1.807, 2.05) is 37.6 Å². The zero-order valence-electron chi connectivity index (χ0n) is 18.5. The molecule has 0 radical (unpaired) electrons. The summed E-state index contributed by atoms with van der Waals surface area (Å²) in [5, 5.41) is 22.6. The van der Waals surface area contributed by atoms with Gasteiger partial charge in [0.25, 0.3) is 5.91 Å². The molecular formula is C25H21ClN6O2. The first-order valence-electron chi connectivity index (χ1n) is 10.5. The van der Waals surface area contributed by atoms with Crippen molar-refractivity contribution in [3.05, 3.63) is 90.1 Å². The maximum absolute atomic E-state index is 12.8. The van der Waals surface area contributed by atoms with Gasteiger partial charge >= 0.3 is 0 Å². The van der Waals surface area contributed by atoms with Crippen molar-refractivity contribution in [2.45, 2.75) is 12.5 Å². The van der Waals surface area contributed by atoms with Crippen LogP contribution in [0.25, 0.3) is 27.9 Å². The molecule has 2 aromatic carbocycles. The lowest BCUT2D eigenvalue weighted by molar-refractivity contribution is -0.133. The van der Waals surface area contributed by atoms with Gasteiger partial charge in [-0.15, -0.1) is 0 Å². The largest absolute Gasteiger partial charge is 0.376 e. The van der Waals surface area contributed by atoms with E-state index in [1.165, 1.54) is 13.3 Å². The first-order valence-corrected chi connectivity index (χ1v) is 10.9. The molecule has 34 heavy (non-hydrogen) atoms. The first-order chi connectivity index (χ1) is 16.3. The summed E-state index contributed by atoms with van der Waals surface area (Å²) in [5.41, 5.74) is 3.75. The van der Waals surface area contributed by atoms with E-state index in [0.29, 0.717) is 16.3 Å². The third-order valence-corrected chi connectivity index (χ3v) is 5.96. The fourth-order valence-electron chi connectivity index (χ4n) is 3.75. The van der Waals surface area contributed by atoms with E-state index in [9.17, 15) is 9.90 Å². The molecule has 5 aromatic rings. The van der Waals surface area contributed by atoms with Gasteiger partial charge in [-0.1, -0.05) is 35.9 Å². The van der Waals surface area contributed by atoms with Crippen LogP contribution < -0.4 is 5.32 Å². The summed E-state index contributed by atoms with van der Waals surface area (Å²) >= 11 is 5.91. The lowest BCUT2D eigenvalue weighted by atomic mass is 9.95. The van der Waals surface area contributed by atoms with Gasteiger partial charge in [0.2, 0.25) is 0 Å². The number of nitrogens with zero attached hydrogens (tertiary/aromatic N) is 5. The molecule has 0 saturated heterocycles. The predicted molar refractivity (Wildman–Crippen MR) is 130 cm³/mol. The standard InChI is InChI=1S/C25H21ClN6O2/c1-25(34,19-5-7-20(26)8-6-19)24(33)30-21-9-3-16(4-10-21)23-22-11-17(14-32(22)29-15-27-23)18-12-28-31(2)13-18/h3-15,34H,1-2H3,(H,30,33). The van der Waals surface area contributed by atoms with Gasteiger partial charge in [0, 0.05) is 46.8 Å². The summed E-state index contributed by atoms with van der Waals surface area (Å²) in [6.45, 7) is 1.45. The monoisotopic (exact) mass is 472 g/mol. The Morgan fingerprint density at radius 2 is 1.74 bits per heavy atom. The van der Waals surface area contributed by atoms with E-state index in [4.69, 9.17) is 11.6 Å². The van der Waals surface area contributed by atoms with Gasteiger partial charge in [-0.3, -0.25) is 9.48 Å². The maximum Gasteiger partial charge on any atom is 0.260 e. The highest BCUT2D eigenvalue weighted by Gasteiger charge is 2.32. The van der Waals surface area contributed by atoms with Crippen LogP contribution in [-0.4, -0.2) is 35.4 Å². The number of nitrogens with one attached hydrogen (secondary N) is 1. The van der Waals surface area contributed by atoms with E-state index >= 15 is 0 Å². The summed E-state index contributed by atoms with van der Waals surface area (Å²) in [4.78, 5) is 17.2. The summed E-state index contributed by atoms with van der Waals surface area (Å²) in [7, 11) is 1.87. The van der Waals surface area contributed by atoms with Crippen LogP contribution in [0.2, 0.25) is 5.02 Å². The molecule has 0 saturated carbocycles. The molecule has 3 aromatic heterocycles. The van der Waals surface area contributed by atoms with Crippen molar-refractivity contribution < 1.29 is 9.90 Å². The molecule has 1 amide bonds. The summed E-state index contributed by atoms with van der Waals surface area (Å²) in [5.74, 6) is -0.542. The molecule has 0 aliphatic heterocycles. The highest BCUT2D eigenvalue weighted by Crippen LogP contribution is 2.29. The Bertz CT molecular complexity index is 1490. The van der Waals surface area contributed by atoms with Crippen LogP contribution in [0.1, 0.15) is 12.5 Å². The zero-order valence-corrected chi connectivity index (χ0v) is 19.2. The van der Waals surface area contributed by atoms with Crippen molar-refractivity contribution in [3.63, 3.8) is 0 Å². The van der Waals surface area contributed by atoms with Gasteiger partial charge in [0.1, 0.15) is 6.33 Å². The number of hydrogen-bond acceptors (Lipinski definition) is 5. The molecule has 170 valence electrons. The van der Waals surface area contributed by atoms with Crippen LogP contribution in [-0.2, 0) is 17.4 Å². The lowest BCUT2D eigenvalue weighted by Crippen LogP contribution is -2.37. The van der Waals surface area contributed by atoms with Gasteiger partial charge in [0.05, 0.1) is 17.4 Å². The van der Waals surface area contributed by atoms with Gasteiger partial charge in [-0.2, -0.15) is 10.2 Å². The first kappa shape index (κ1) is 21.8. The molecule has 2 N–H and O–H groups in total. The number of hydrogen-bond donors (Lipinski definition) is 2. The van der Waals surface area contributed by atoms with Crippen molar-refractivity contribution in [1.82, 2.24) is 24.4 Å². The second kappa shape index (κ2) is 8.40. The van der Waals surface area contributed by atoms with E-state index in [-0.39, 0.29) is 0 Å². The van der Waals surface area contributed by atoms with E-state index < -0.39 is 11.5 Å². The van der Waals surface area contributed by atoms with Crippen LogP contribution in [0.4, 0.5) is 5.69 Å². The molecule has 0 bridgehead atoms. The predicted octanol–water partition coefficient (Wildman–Crippen LogP) is 4.30. The Hall–Kier alpha value is -4.01. The van der Waals surface area contributed by atoms with Crippen LogP contribution in [0, 0.1) is 0 Å². The summed E-state index contributed by atoms with van der Waals surface area (Å²) in [6.07, 6.45) is 7.19. The Balaban J connectivity index is 1.39. The van der Waals surface area contributed by atoms with Crippen molar-refractivity contribution >= 4 is 28.7 Å². The number of anilines is 1. The minimum Gasteiger partial charge on any atom is -0.376 e. The lowest BCUT2D eigenvalue weighted by Gasteiger charge is -2.23. The number of rotatable bonds is 5. The van der Waals surface area contributed by atoms with E-state index in [1.54, 1.807) is 51.8 Å². The average Bonchev–Trinajstić information content (AvgIpc) is 3.46. The number of fused-ring (bicyclic) bond motifs is 1. The molecule has 1 unspecified atom stereocenters. The SMILES string of the molecule is Cn1cc(-c2cc3c(-c4ccc(NC(=O)C(C)(O)c5ccc(Cl)cc5)cc4)ncnn3c2)cn1. The van der Waals surface area contributed by atoms with Gasteiger partial charge in [-0.05, 0) is 42.8 Å². The third kappa shape index (κ3) is 4.05. The Morgan fingerprint density at radius 3 is 2.41 bits per heavy atom. The summed E-state index contributed by atoms with van der Waals surface area (Å²) < 4.78 is 3.53. The number of benzene rings is 2. The number of aryl methyl sites for hydroxylation is 1. The number of carbonyl (C=O) groups excluding carboxylic acids is 1. The van der Waals surface area contributed by atoms with Crippen molar-refractivity contribution in [2.75, 3.05) is 5.32 Å². The van der Waals surface area contributed by atoms with Crippen LogP contribution in [0.15, 0.2) is 79.5 Å². The van der Waals surface area contributed by atoms with Gasteiger partial charge in [0.15, 0.2) is 5.60 Å². The van der Waals surface area contributed by atoms with Crippen LogP contribution >= 0.6 is 11.6 Å². The quantitative estimate of drug-likeness (QED) is 0.397. The van der Waals surface area contributed by atoms with Crippen LogP contribution in [0.3, 0.4) is 0 Å². The van der Waals surface area contributed by atoms with E-state index in [2.05, 4.69) is 20.5 Å². The second-order valence-corrected chi connectivity index (χ2v) is 8.62. The molecule has 0 aliphatic rings. The summed E-state index contributed by atoms with van der Waals surface area (Å²) in [6, 6.07) is 15.8. The molecule has 0 fully saturated rings. The van der Waals surface area contributed by atoms with Crippen molar-refractivity contribution in [3.8, 4) is 22.4 Å². The minimum absolute atomic E-state index is 0.451. The molecular weight excluding hydrogens is 452 g/mol. The Morgan fingerprint density at radius 1 is 1.00 bits per heavy atom. The number of halogens is 1. The van der Waals surface area contributed by atoms with Gasteiger partial charge < -0.3 is 10.4 Å². The fourth-order valence-corrected chi connectivity index (χ4v) is 3.88.